The predicted molar refractivity (Wildman–Crippen MR) is 86.5 cm³/mol. The average Bonchev–Trinajstić information content (AvgIpc) is 3.13. The molecule has 1 N–H and O–H groups in total. The molecule has 2 aliphatic carbocycles. The second-order valence-electron chi connectivity index (χ2n) is 6.06. The number of hydrogen-bond acceptors (Lipinski definition) is 5. The number of ether oxygens (including phenoxy) is 2. The Hall–Kier alpha value is -1.59. The van der Waals surface area contributed by atoms with E-state index in [1.807, 2.05) is 0 Å². The van der Waals surface area contributed by atoms with E-state index in [1.165, 1.54) is 20.6 Å². The Balaban J connectivity index is 2.19. The van der Waals surface area contributed by atoms with Crippen LogP contribution in [0, 0.1) is 43.4 Å². The van der Waals surface area contributed by atoms with Crippen LogP contribution in [0.15, 0.2) is 0 Å². The molecule has 0 aromatic carbocycles. The highest BCUT2D eigenvalue weighted by Gasteiger charge is 2.46. The molecule has 2 aliphatic rings. The van der Waals surface area contributed by atoms with Crippen LogP contribution in [0.25, 0.3) is 0 Å². The van der Waals surface area contributed by atoms with E-state index in [1.54, 1.807) is 25.7 Å². The van der Waals surface area contributed by atoms with Gasteiger partial charge in [-0.25, -0.2) is 0 Å². The fourth-order valence-corrected chi connectivity index (χ4v) is 3.25. The van der Waals surface area contributed by atoms with Crippen LogP contribution in [0.1, 0.15) is 32.1 Å². The van der Waals surface area contributed by atoms with Gasteiger partial charge in [-0.1, -0.05) is 19.3 Å². The number of methoxy groups -OCH3 is 2. The molecule has 0 aromatic rings. The molecule has 5 radical (unpaired) electrons. The summed E-state index contributed by atoms with van der Waals surface area (Å²) in [6.07, 6.45) is 12.1. The molecule has 2 saturated carbocycles. The number of nitrogens with one attached hydrogen (secondary N) is 1. The summed E-state index contributed by atoms with van der Waals surface area (Å²) in [5, 5.41) is 2.99. The van der Waals surface area contributed by atoms with Crippen LogP contribution in [0.5, 0.6) is 0 Å². The highest BCUT2D eigenvalue weighted by molar-refractivity contribution is 6.01. The zero-order valence-electron chi connectivity index (χ0n) is 14.1. The number of carbonyl (C=O) groups is 3. The van der Waals surface area contributed by atoms with Crippen molar-refractivity contribution in [2.24, 2.45) is 11.8 Å². The minimum absolute atomic E-state index is 0.0830. The Kier molecular flexibility index (Phi) is 7.06. The van der Waals surface area contributed by atoms with Gasteiger partial charge in [-0.3, -0.25) is 14.4 Å². The third kappa shape index (κ3) is 4.48. The summed E-state index contributed by atoms with van der Waals surface area (Å²) in [5.74, 6) is -3.55. The van der Waals surface area contributed by atoms with Gasteiger partial charge in [-0.2, -0.15) is 0 Å². The second-order valence-corrected chi connectivity index (χ2v) is 6.06. The molecule has 1 unspecified atom stereocenters. The van der Waals surface area contributed by atoms with Crippen LogP contribution in [0.4, 0.5) is 0 Å². The Morgan fingerprint density at radius 1 is 1.00 bits per heavy atom. The third-order valence-corrected chi connectivity index (χ3v) is 4.53. The molecular formula is C18H24NO5. The molecule has 0 saturated heterocycles. The zero-order valence-corrected chi connectivity index (χ0v) is 14.1. The van der Waals surface area contributed by atoms with Crippen LogP contribution >= 0.6 is 0 Å². The van der Waals surface area contributed by atoms with E-state index in [9.17, 15) is 14.4 Å². The predicted octanol–water partition coefficient (Wildman–Crippen LogP) is 1.42. The maximum atomic E-state index is 12.9. The van der Waals surface area contributed by atoms with Gasteiger partial charge >= 0.3 is 11.9 Å². The lowest BCUT2D eigenvalue weighted by Crippen LogP contribution is -2.48. The summed E-state index contributed by atoms with van der Waals surface area (Å²) < 4.78 is 9.47. The van der Waals surface area contributed by atoms with E-state index in [4.69, 9.17) is 9.47 Å². The number of hydrogen-bond donors (Lipinski definition) is 1. The molecule has 1 atom stereocenters. The molecule has 24 heavy (non-hydrogen) atoms. The summed E-state index contributed by atoms with van der Waals surface area (Å²) >= 11 is 0. The van der Waals surface area contributed by atoms with E-state index >= 15 is 0 Å². The largest absolute Gasteiger partial charge is 0.468 e. The average molecular weight is 334 g/mol. The lowest BCUT2D eigenvalue weighted by molar-refractivity contribution is -0.163. The molecule has 6 nitrogen and oxygen atoms in total. The lowest BCUT2D eigenvalue weighted by Gasteiger charge is -2.30. The van der Waals surface area contributed by atoms with Gasteiger partial charge in [0.05, 0.1) is 20.1 Å². The molecule has 0 bridgehead atoms. The third-order valence-electron chi connectivity index (χ3n) is 4.53. The van der Waals surface area contributed by atoms with Gasteiger partial charge in [-0.15, -0.1) is 0 Å². The minimum atomic E-state index is -1.31. The first-order valence-electron chi connectivity index (χ1n) is 8.26. The lowest BCUT2D eigenvalue weighted by atomic mass is 9.79. The Morgan fingerprint density at radius 3 is 2.04 bits per heavy atom. The second kappa shape index (κ2) is 9.04. The van der Waals surface area contributed by atoms with Gasteiger partial charge in [-0.05, 0) is 44.4 Å². The highest BCUT2D eigenvalue weighted by Crippen LogP contribution is 2.36. The number of esters is 2. The van der Waals surface area contributed by atoms with Gasteiger partial charge in [0.15, 0.2) is 5.92 Å². The van der Waals surface area contributed by atoms with Gasteiger partial charge in [0, 0.05) is 6.04 Å². The van der Waals surface area contributed by atoms with E-state index in [0.29, 0.717) is 5.92 Å². The van der Waals surface area contributed by atoms with Crippen LogP contribution < -0.4 is 5.32 Å². The maximum absolute atomic E-state index is 12.9. The molecule has 6 heteroatoms. The minimum Gasteiger partial charge on any atom is -0.468 e. The first-order valence-corrected chi connectivity index (χ1v) is 8.26. The maximum Gasteiger partial charge on any atom is 0.320 e. The monoisotopic (exact) mass is 334 g/mol. The molecule has 131 valence electrons. The van der Waals surface area contributed by atoms with E-state index < -0.39 is 23.8 Å². The molecule has 0 heterocycles. The summed E-state index contributed by atoms with van der Waals surface area (Å²) in [6.45, 7) is 0. The quantitative estimate of drug-likeness (QED) is 0.587. The topological polar surface area (TPSA) is 81.7 Å². The fourth-order valence-electron chi connectivity index (χ4n) is 3.25. The standard InChI is InChI=1S/C18H24NO5/c1-23-17(21)15(18(22)24-2)14(12-8-6-7-9-12)16(20)19-13-10-4-3-5-11-13/h6-9,13-15H,3-5,10-11H2,1-2H3,(H,19,20). The van der Waals surface area contributed by atoms with Crippen molar-refractivity contribution in [1.29, 1.82) is 0 Å². The van der Waals surface area contributed by atoms with Crippen molar-refractivity contribution < 1.29 is 23.9 Å². The fraction of sp³-hybridized carbons (Fsp3) is 0.556. The smallest absolute Gasteiger partial charge is 0.320 e. The summed E-state index contributed by atoms with van der Waals surface area (Å²) in [4.78, 5) is 37.2. The van der Waals surface area contributed by atoms with Gasteiger partial charge in [0.2, 0.25) is 5.91 Å². The Bertz CT molecular complexity index is 436. The van der Waals surface area contributed by atoms with Crippen LogP contribution in [-0.4, -0.2) is 38.1 Å². The van der Waals surface area contributed by atoms with Crippen molar-refractivity contribution in [3.8, 4) is 0 Å². The van der Waals surface area contributed by atoms with Gasteiger partial charge < -0.3 is 14.8 Å². The molecule has 0 aliphatic heterocycles. The molecule has 0 spiro atoms. The molecule has 1 amide bonds. The zero-order chi connectivity index (χ0) is 17.5. The molecule has 0 aromatic heterocycles. The number of carbonyl (C=O) groups excluding carboxylic acids is 3. The van der Waals surface area contributed by atoms with Crippen LogP contribution in [0.3, 0.4) is 0 Å². The Labute approximate surface area is 143 Å². The van der Waals surface area contributed by atoms with Gasteiger partial charge in [0.25, 0.3) is 0 Å². The first kappa shape index (κ1) is 18.7. The SMILES string of the molecule is COC(=O)C(C(=O)OC)C([C]1[CH][CH][CH][CH]1)C(=O)NC1CCCCC1. The molecule has 2 rings (SSSR count). The molecular weight excluding hydrogens is 310 g/mol. The van der Waals surface area contributed by atoms with E-state index in [2.05, 4.69) is 5.32 Å². The van der Waals surface area contributed by atoms with Gasteiger partial charge in [0.1, 0.15) is 0 Å². The number of amides is 1. The van der Waals surface area contributed by atoms with E-state index in [-0.39, 0.29) is 11.9 Å². The van der Waals surface area contributed by atoms with Crippen LogP contribution in [0.2, 0.25) is 0 Å². The van der Waals surface area contributed by atoms with Crippen molar-refractivity contribution in [3.05, 3.63) is 31.6 Å². The number of rotatable bonds is 6. The van der Waals surface area contributed by atoms with Crippen molar-refractivity contribution in [3.63, 3.8) is 0 Å². The highest BCUT2D eigenvalue weighted by atomic mass is 16.5. The van der Waals surface area contributed by atoms with E-state index in [0.717, 1.165) is 25.7 Å². The summed E-state index contributed by atoms with van der Waals surface area (Å²) in [5.41, 5.74) is 0. The van der Waals surface area contributed by atoms with Crippen molar-refractivity contribution in [1.82, 2.24) is 5.32 Å². The molecule has 2 fully saturated rings. The Morgan fingerprint density at radius 2 is 1.54 bits per heavy atom. The van der Waals surface area contributed by atoms with Crippen molar-refractivity contribution >= 4 is 17.8 Å². The summed E-state index contributed by atoms with van der Waals surface area (Å²) in [6, 6.07) is 0.0830. The normalized spacial score (nSPS) is 20.6. The van der Waals surface area contributed by atoms with Crippen molar-refractivity contribution in [2.45, 2.75) is 38.1 Å². The first-order chi connectivity index (χ1) is 11.6. The van der Waals surface area contributed by atoms with Crippen molar-refractivity contribution in [2.75, 3.05) is 14.2 Å². The van der Waals surface area contributed by atoms with Crippen LogP contribution in [-0.2, 0) is 23.9 Å². The summed E-state index contributed by atoms with van der Waals surface area (Å²) in [7, 11) is 2.39.